The standard InChI is InChI=1S/C20H19.C9H13.2CH3.Si.Zr/c1-20(2)12-16-10-15-8-9-18(14-6-4-3-5-7-14)19(15)11-17(16)13-20;1-6-5-7(2)9(4)8(6)3;;;;/h3-11H,12-13H2,1-2H3;6H,1-4H3;2*1H3;;/q4*-1;;. The summed E-state index contributed by atoms with van der Waals surface area (Å²) in [5, 5.41) is 2.80. The van der Waals surface area contributed by atoms with Gasteiger partial charge in [-0.25, -0.2) is 5.57 Å². The third-order valence-corrected chi connectivity index (χ3v) is 6.75. The topological polar surface area (TPSA) is 0 Å². The summed E-state index contributed by atoms with van der Waals surface area (Å²) in [6.45, 7) is 16.5. The summed E-state index contributed by atoms with van der Waals surface area (Å²) in [4.78, 5) is 0. The van der Waals surface area contributed by atoms with E-state index in [1.807, 2.05) is 0 Å². The van der Waals surface area contributed by atoms with Crippen LogP contribution in [0.4, 0.5) is 0 Å². The van der Waals surface area contributed by atoms with E-state index in [4.69, 9.17) is 0 Å². The van der Waals surface area contributed by atoms with Crippen molar-refractivity contribution in [2.45, 2.75) is 54.4 Å². The van der Waals surface area contributed by atoms with Gasteiger partial charge in [-0.3, -0.25) is 6.08 Å². The third-order valence-electron chi connectivity index (χ3n) is 6.75. The zero-order chi connectivity index (χ0) is 22.8. The molecule has 174 valence electrons. The molecular formula is C31H38SiZr-4. The van der Waals surface area contributed by atoms with E-state index in [0.717, 1.165) is 0 Å². The molecule has 2 heteroatoms. The van der Waals surface area contributed by atoms with E-state index in [1.54, 1.807) is 11.1 Å². The van der Waals surface area contributed by atoms with Crippen molar-refractivity contribution in [2.24, 2.45) is 11.3 Å². The monoisotopic (exact) mass is 528 g/mol. The van der Waals surface area contributed by atoms with Crippen molar-refractivity contribution in [3.63, 3.8) is 0 Å². The Labute approximate surface area is 220 Å². The Morgan fingerprint density at radius 2 is 1.55 bits per heavy atom. The minimum atomic E-state index is 0. The van der Waals surface area contributed by atoms with Gasteiger partial charge in [0.25, 0.3) is 0 Å². The number of allylic oxidation sites excluding steroid dienone is 4. The molecular weight excluding hydrogens is 492 g/mol. The summed E-state index contributed by atoms with van der Waals surface area (Å²) in [7, 11) is 0. The molecule has 0 saturated carbocycles. The molecule has 0 nitrogen and oxygen atoms in total. The van der Waals surface area contributed by atoms with Crippen LogP contribution in [0.5, 0.6) is 0 Å². The molecule has 0 aliphatic heterocycles. The van der Waals surface area contributed by atoms with Gasteiger partial charge in [-0.1, -0.05) is 87.6 Å². The van der Waals surface area contributed by atoms with E-state index in [-0.39, 0.29) is 14.9 Å². The van der Waals surface area contributed by atoms with Crippen LogP contribution in [0.1, 0.15) is 52.7 Å². The molecule has 1 unspecified atom stereocenters. The van der Waals surface area contributed by atoms with Crippen LogP contribution in [0.2, 0.25) is 0 Å². The van der Waals surface area contributed by atoms with Gasteiger partial charge < -0.3 is 14.9 Å². The first-order valence-electron chi connectivity index (χ1n) is 11.0. The number of fused-ring (bicyclic) bond motifs is 2. The molecule has 33 heavy (non-hydrogen) atoms. The van der Waals surface area contributed by atoms with Gasteiger partial charge in [0.15, 0.2) is 0 Å². The number of hydrogen-bond donors (Lipinski definition) is 0. The van der Waals surface area contributed by atoms with Gasteiger partial charge in [0.1, 0.15) is 0 Å². The first kappa shape index (κ1) is 29.7. The van der Waals surface area contributed by atoms with E-state index in [9.17, 15) is 0 Å². The van der Waals surface area contributed by atoms with E-state index in [0.29, 0.717) is 11.3 Å². The van der Waals surface area contributed by atoms with Crippen molar-refractivity contribution in [3.8, 4) is 11.1 Å². The van der Waals surface area contributed by atoms with Gasteiger partial charge in [-0.2, -0.15) is 11.1 Å². The summed E-state index contributed by atoms with van der Waals surface area (Å²) in [6.07, 6.45) is 5.78. The predicted molar refractivity (Wildman–Crippen MR) is 145 cm³/mol. The first-order chi connectivity index (χ1) is 14.7. The van der Waals surface area contributed by atoms with E-state index in [1.165, 1.54) is 74.8 Å². The van der Waals surface area contributed by atoms with Crippen LogP contribution in [0.3, 0.4) is 0 Å². The zero-order valence-corrected chi connectivity index (χ0v) is 25.1. The summed E-state index contributed by atoms with van der Waals surface area (Å²) < 4.78 is 0. The molecule has 2 radical (unpaired) electrons. The Balaban J connectivity index is 0.000000359. The molecule has 0 amide bonds. The van der Waals surface area contributed by atoms with Crippen LogP contribution in [0.25, 0.3) is 21.9 Å². The summed E-state index contributed by atoms with van der Waals surface area (Å²) >= 11 is 1.36. The summed E-state index contributed by atoms with van der Waals surface area (Å²) in [6, 6.07) is 20.1. The maximum absolute atomic E-state index is 3.36. The van der Waals surface area contributed by atoms with Crippen LogP contribution in [-0.2, 0) is 36.2 Å². The number of benzene rings is 2. The van der Waals surface area contributed by atoms with Crippen LogP contribution in [-0.4, -0.2) is 6.88 Å². The van der Waals surface area contributed by atoms with Crippen molar-refractivity contribution in [1.29, 1.82) is 0 Å². The third kappa shape index (κ3) is 6.61. The Bertz CT molecular complexity index is 1130. The fourth-order valence-electron chi connectivity index (χ4n) is 4.80. The molecule has 2 aliphatic carbocycles. The van der Waals surface area contributed by atoms with Gasteiger partial charge in [0.2, 0.25) is 0 Å². The van der Waals surface area contributed by atoms with Gasteiger partial charge in [-0.05, 0) is 18.3 Å². The average Bonchev–Trinajstić information content (AvgIpc) is 3.37. The van der Waals surface area contributed by atoms with Crippen LogP contribution >= 0.6 is 0 Å². The minimum absolute atomic E-state index is 0. The Morgan fingerprint density at radius 1 is 0.970 bits per heavy atom. The van der Waals surface area contributed by atoms with Crippen LogP contribution in [0.15, 0.2) is 71.3 Å². The van der Waals surface area contributed by atoms with Gasteiger partial charge in [-0.15, -0.1) is 47.5 Å². The normalized spacial score (nSPS) is 17.5. The molecule has 0 bridgehead atoms. The fraction of sp³-hybridized carbons (Fsp3) is 0.323. The molecule has 0 N–H and O–H groups in total. The van der Waals surface area contributed by atoms with Gasteiger partial charge >= 0.3 is 30.2 Å². The van der Waals surface area contributed by atoms with Crippen molar-refractivity contribution < 1.29 is 23.3 Å². The molecule has 0 spiro atoms. The van der Waals surface area contributed by atoms with E-state index >= 15 is 0 Å². The van der Waals surface area contributed by atoms with Crippen molar-refractivity contribution in [2.75, 3.05) is 0 Å². The maximum atomic E-state index is 3.36. The van der Waals surface area contributed by atoms with E-state index < -0.39 is 0 Å². The van der Waals surface area contributed by atoms with Gasteiger partial charge in [0, 0.05) is 0 Å². The molecule has 3 aromatic rings. The van der Waals surface area contributed by atoms with Crippen molar-refractivity contribution in [3.05, 3.63) is 103 Å². The SMILES string of the molecule is CC1(C)Cc2cc3[cH-]cc(-c4ccccc4)c3cc2C1.CC1=[C-]C(C)C(C)=C1C.[CH3-].[CH3-].[Si]=[Zr]. The second kappa shape index (κ2) is 12.4. The quantitative estimate of drug-likeness (QED) is 0.219. The van der Waals surface area contributed by atoms with Crippen molar-refractivity contribution >= 4 is 17.7 Å². The number of hydrogen-bond acceptors (Lipinski definition) is 0. The zero-order valence-electron chi connectivity index (χ0n) is 21.7. The first-order valence-corrected chi connectivity index (χ1v) is 15.2. The van der Waals surface area contributed by atoms with Gasteiger partial charge in [0.05, 0.1) is 0 Å². The summed E-state index contributed by atoms with van der Waals surface area (Å²) in [5.41, 5.74) is 10.5. The van der Waals surface area contributed by atoms with Crippen LogP contribution < -0.4 is 0 Å². The molecule has 2 aliphatic rings. The molecule has 1 atom stereocenters. The molecule has 0 saturated heterocycles. The molecule has 5 rings (SSSR count). The second-order valence-electron chi connectivity index (χ2n) is 9.64. The Hall–Kier alpha value is -1.37. The van der Waals surface area contributed by atoms with E-state index in [2.05, 4.69) is 109 Å². The molecule has 0 heterocycles. The average molecular weight is 530 g/mol. The van der Waals surface area contributed by atoms with Crippen molar-refractivity contribution in [1.82, 2.24) is 0 Å². The Morgan fingerprint density at radius 3 is 2.03 bits per heavy atom. The van der Waals surface area contributed by atoms with Crippen LogP contribution in [0, 0.1) is 32.3 Å². The molecule has 3 aromatic carbocycles. The second-order valence-corrected chi connectivity index (χ2v) is 9.64. The molecule has 0 fully saturated rings. The number of rotatable bonds is 1. The fourth-order valence-corrected chi connectivity index (χ4v) is 4.80. The Kier molecular flexibility index (Phi) is 11.1. The predicted octanol–water partition coefficient (Wildman–Crippen LogP) is 8.59. The summed E-state index contributed by atoms with van der Waals surface area (Å²) in [5.74, 6) is 0.560. The molecule has 0 aromatic heterocycles.